The van der Waals surface area contributed by atoms with Crippen molar-refractivity contribution >= 4 is 35.0 Å². The van der Waals surface area contributed by atoms with E-state index in [1.54, 1.807) is 6.92 Å². The summed E-state index contributed by atoms with van der Waals surface area (Å²) >= 11 is 2.63. The number of nitrogens with zero attached hydrogens (tertiary/aromatic N) is 2. The normalized spacial score (nSPS) is 16.4. The van der Waals surface area contributed by atoms with Crippen LogP contribution in [0.5, 0.6) is 0 Å². The average Bonchev–Trinajstić information content (AvgIpc) is 3.26. The van der Waals surface area contributed by atoms with Gasteiger partial charge in [0.05, 0.1) is 10.1 Å². The zero-order chi connectivity index (χ0) is 17.6. The number of imide groups is 1. The lowest BCUT2D eigenvalue weighted by Gasteiger charge is -2.22. The van der Waals surface area contributed by atoms with Gasteiger partial charge in [0.1, 0.15) is 0 Å². The van der Waals surface area contributed by atoms with Crippen LogP contribution in [0.4, 0.5) is 4.79 Å². The Labute approximate surface area is 154 Å². The number of hydrogen-bond donors (Lipinski definition) is 2. The van der Waals surface area contributed by atoms with Crippen LogP contribution in [0, 0.1) is 0 Å². The number of nitrogens with one attached hydrogen (secondary N) is 2. The number of urea groups is 1. The molecule has 3 rings (SSSR count). The van der Waals surface area contributed by atoms with Crippen LogP contribution in [0.1, 0.15) is 39.0 Å². The highest BCUT2D eigenvalue weighted by Crippen LogP contribution is 2.28. The molecule has 134 valence electrons. The second kappa shape index (κ2) is 8.48. The Morgan fingerprint density at radius 3 is 2.84 bits per heavy atom. The van der Waals surface area contributed by atoms with Crippen LogP contribution in [0.3, 0.4) is 0 Å². The van der Waals surface area contributed by atoms with E-state index in [4.69, 9.17) is 4.42 Å². The van der Waals surface area contributed by atoms with E-state index in [0.29, 0.717) is 11.1 Å². The van der Waals surface area contributed by atoms with Gasteiger partial charge in [0.25, 0.3) is 11.1 Å². The third kappa shape index (κ3) is 5.05. The third-order valence-corrected chi connectivity index (χ3v) is 5.75. The third-order valence-electron chi connectivity index (χ3n) is 3.96. The largest absolute Gasteiger partial charge is 0.410 e. The van der Waals surface area contributed by atoms with Crippen molar-refractivity contribution in [3.05, 3.63) is 17.5 Å². The number of aromatic nitrogens is 2. The Morgan fingerprint density at radius 1 is 1.32 bits per heavy atom. The van der Waals surface area contributed by atoms with Crippen LogP contribution in [0.2, 0.25) is 0 Å². The Hall–Kier alpha value is -1.87. The van der Waals surface area contributed by atoms with E-state index in [-0.39, 0.29) is 11.9 Å². The van der Waals surface area contributed by atoms with Crippen molar-refractivity contribution in [2.24, 2.45) is 0 Å². The Bertz CT molecular complexity index is 711. The first-order valence-electron chi connectivity index (χ1n) is 8.27. The molecule has 0 aromatic carbocycles. The summed E-state index contributed by atoms with van der Waals surface area (Å²) < 4.78 is 5.55. The molecular weight excluding hydrogens is 360 g/mol. The van der Waals surface area contributed by atoms with Gasteiger partial charge in [-0.3, -0.25) is 10.1 Å². The summed E-state index contributed by atoms with van der Waals surface area (Å²) in [7, 11) is 0. The number of carbonyl (C=O) groups excluding carboxylic acids is 2. The van der Waals surface area contributed by atoms with E-state index in [1.165, 1.54) is 17.8 Å². The van der Waals surface area contributed by atoms with Crippen molar-refractivity contribution in [1.82, 2.24) is 20.8 Å². The molecule has 2 heterocycles. The van der Waals surface area contributed by atoms with Crippen molar-refractivity contribution < 1.29 is 14.0 Å². The highest BCUT2D eigenvalue weighted by Gasteiger charge is 2.22. The molecule has 1 aliphatic rings. The van der Waals surface area contributed by atoms with Crippen molar-refractivity contribution in [2.75, 3.05) is 0 Å². The monoisotopic (exact) mass is 380 g/mol. The molecule has 9 heteroatoms. The molecule has 0 spiro atoms. The van der Waals surface area contributed by atoms with Gasteiger partial charge in [-0.25, -0.2) is 4.79 Å². The van der Waals surface area contributed by atoms with Gasteiger partial charge < -0.3 is 9.73 Å². The van der Waals surface area contributed by atoms with Crippen molar-refractivity contribution in [2.45, 2.75) is 55.5 Å². The minimum atomic E-state index is -0.520. The second-order valence-corrected chi connectivity index (χ2v) is 8.15. The van der Waals surface area contributed by atoms with Crippen LogP contribution in [-0.4, -0.2) is 33.4 Å². The Kier molecular flexibility index (Phi) is 6.09. The molecule has 2 N–H and O–H groups in total. The number of thiophene rings is 1. The van der Waals surface area contributed by atoms with E-state index in [1.807, 2.05) is 17.5 Å². The zero-order valence-corrected chi connectivity index (χ0v) is 15.5. The number of amides is 3. The summed E-state index contributed by atoms with van der Waals surface area (Å²) in [6, 6.07) is 3.51. The number of thioether (sulfide) groups is 1. The van der Waals surface area contributed by atoms with Gasteiger partial charge in [0.15, 0.2) is 0 Å². The maximum atomic E-state index is 12.2. The predicted octanol–water partition coefficient (Wildman–Crippen LogP) is 3.44. The molecular formula is C16H20N4O3S2. The van der Waals surface area contributed by atoms with Gasteiger partial charge in [0, 0.05) is 6.04 Å². The molecule has 25 heavy (non-hydrogen) atoms. The average molecular weight is 380 g/mol. The van der Waals surface area contributed by atoms with Crippen molar-refractivity contribution in [3.63, 3.8) is 0 Å². The topological polar surface area (TPSA) is 97.1 Å². The van der Waals surface area contributed by atoms with Crippen molar-refractivity contribution in [1.29, 1.82) is 0 Å². The summed E-state index contributed by atoms with van der Waals surface area (Å²) in [5.74, 6) is 0.0503. The first-order valence-corrected chi connectivity index (χ1v) is 10.0. The highest BCUT2D eigenvalue weighted by molar-refractivity contribution is 8.00. The SMILES string of the molecule is C[C@H](Sc1nnc(-c2cccs2)o1)C(=O)NC(=O)NC1CCCCC1. The summed E-state index contributed by atoms with van der Waals surface area (Å²) in [5, 5.41) is 14.9. The first kappa shape index (κ1) is 17.9. The quantitative estimate of drug-likeness (QED) is 0.771. The zero-order valence-electron chi connectivity index (χ0n) is 13.9. The van der Waals surface area contributed by atoms with Crippen molar-refractivity contribution in [3.8, 4) is 10.8 Å². The van der Waals surface area contributed by atoms with Gasteiger partial charge in [-0.15, -0.1) is 21.5 Å². The first-order chi connectivity index (χ1) is 12.1. The standard InChI is InChI=1S/C16H20N4O3S2/c1-10(13(21)18-15(22)17-11-6-3-2-4-7-11)25-16-20-19-14(23-16)12-8-5-9-24-12/h5,8-11H,2-4,6-7H2,1H3,(H2,17,18,21,22)/t10-/m0/s1. The highest BCUT2D eigenvalue weighted by atomic mass is 32.2. The molecule has 0 radical (unpaired) electrons. The van der Waals surface area contributed by atoms with Gasteiger partial charge in [-0.05, 0) is 31.2 Å². The van der Waals surface area contributed by atoms with Crippen LogP contribution in [-0.2, 0) is 4.79 Å². The minimum absolute atomic E-state index is 0.161. The van der Waals surface area contributed by atoms with E-state index in [2.05, 4.69) is 20.8 Å². The number of carbonyl (C=O) groups is 2. The number of hydrogen-bond acceptors (Lipinski definition) is 7. The predicted molar refractivity (Wildman–Crippen MR) is 96.5 cm³/mol. The molecule has 7 nitrogen and oxygen atoms in total. The smallest absolute Gasteiger partial charge is 0.321 e. The lowest BCUT2D eigenvalue weighted by atomic mass is 9.96. The van der Waals surface area contributed by atoms with E-state index < -0.39 is 11.3 Å². The fourth-order valence-corrected chi connectivity index (χ4v) is 3.97. The Morgan fingerprint density at radius 2 is 2.12 bits per heavy atom. The molecule has 0 bridgehead atoms. The summed E-state index contributed by atoms with van der Waals surface area (Å²) in [6.07, 6.45) is 5.40. The maximum Gasteiger partial charge on any atom is 0.321 e. The molecule has 0 unspecified atom stereocenters. The maximum absolute atomic E-state index is 12.2. The summed E-state index contributed by atoms with van der Waals surface area (Å²) in [4.78, 5) is 25.0. The van der Waals surface area contributed by atoms with E-state index >= 15 is 0 Å². The molecule has 1 fully saturated rings. The fraction of sp³-hybridized carbons (Fsp3) is 0.500. The molecule has 1 atom stereocenters. The molecule has 2 aromatic rings. The van der Waals surface area contributed by atoms with E-state index in [0.717, 1.165) is 42.3 Å². The van der Waals surface area contributed by atoms with Crippen LogP contribution >= 0.6 is 23.1 Å². The molecule has 0 saturated heterocycles. The fourth-order valence-electron chi connectivity index (χ4n) is 2.64. The summed E-state index contributed by atoms with van der Waals surface area (Å²) in [6.45, 7) is 1.70. The van der Waals surface area contributed by atoms with Gasteiger partial charge in [0.2, 0.25) is 5.91 Å². The van der Waals surface area contributed by atoms with Gasteiger partial charge >= 0.3 is 6.03 Å². The molecule has 3 amide bonds. The lowest BCUT2D eigenvalue weighted by Crippen LogP contribution is -2.47. The van der Waals surface area contributed by atoms with Crippen LogP contribution < -0.4 is 10.6 Å². The minimum Gasteiger partial charge on any atom is -0.410 e. The van der Waals surface area contributed by atoms with Crippen LogP contribution in [0.15, 0.2) is 27.2 Å². The van der Waals surface area contributed by atoms with Crippen LogP contribution in [0.25, 0.3) is 10.8 Å². The second-order valence-electron chi connectivity index (χ2n) is 5.91. The number of rotatable bonds is 5. The molecule has 2 aromatic heterocycles. The lowest BCUT2D eigenvalue weighted by molar-refractivity contribution is -0.119. The molecule has 1 saturated carbocycles. The van der Waals surface area contributed by atoms with Gasteiger partial charge in [-0.1, -0.05) is 37.1 Å². The molecule has 0 aliphatic heterocycles. The Balaban J connectivity index is 1.48. The molecule has 1 aliphatic carbocycles. The van der Waals surface area contributed by atoms with E-state index in [9.17, 15) is 9.59 Å². The van der Waals surface area contributed by atoms with Gasteiger partial charge in [-0.2, -0.15) is 0 Å². The summed E-state index contributed by atoms with van der Waals surface area (Å²) in [5.41, 5.74) is 0.